The Kier molecular flexibility index (Phi) is 5.66. The normalized spacial score (nSPS) is 20.3. The summed E-state index contributed by atoms with van der Waals surface area (Å²) in [7, 11) is 0. The van der Waals surface area contributed by atoms with Gasteiger partial charge in [0.25, 0.3) is 11.6 Å². The van der Waals surface area contributed by atoms with Crippen LogP contribution in [0.3, 0.4) is 0 Å². The minimum Gasteiger partial charge on any atom is -0.362 e. The highest BCUT2D eigenvalue weighted by atomic mass is 16.6. The van der Waals surface area contributed by atoms with Crippen molar-refractivity contribution in [2.24, 2.45) is 5.92 Å². The second-order valence-electron chi connectivity index (χ2n) is 7.94. The van der Waals surface area contributed by atoms with E-state index in [4.69, 9.17) is 0 Å². The maximum Gasteiger partial charge on any atom is 0.293 e. The zero-order valence-electron chi connectivity index (χ0n) is 16.5. The fourth-order valence-electron chi connectivity index (χ4n) is 4.06. The molecule has 0 unspecified atom stereocenters. The van der Waals surface area contributed by atoms with Crippen LogP contribution in [0.4, 0.5) is 11.4 Å². The van der Waals surface area contributed by atoms with Crippen molar-refractivity contribution >= 4 is 23.2 Å². The topological polar surface area (TPSA) is 99.0 Å². The second-order valence-corrected chi connectivity index (χ2v) is 7.94. The number of nitrogens with zero attached hydrogens (tertiary/aromatic N) is 4. The molecule has 0 radical (unpaired) electrons. The molecule has 0 aromatic heterocycles. The molecule has 1 aromatic rings. The lowest BCUT2D eigenvalue weighted by Gasteiger charge is -2.36. The van der Waals surface area contributed by atoms with Crippen LogP contribution in [0.25, 0.3) is 0 Å². The van der Waals surface area contributed by atoms with E-state index in [2.05, 4.69) is 5.32 Å². The molecule has 0 bridgehead atoms. The maximum absolute atomic E-state index is 12.8. The monoisotopic (exact) mass is 401 g/mol. The van der Waals surface area contributed by atoms with Crippen molar-refractivity contribution < 1.29 is 14.5 Å². The van der Waals surface area contributed by atoms with Crippen LogP contribution >= 0.6 is 0 Å². The Bertz CT molecular complexity index is 794. The highest BCUT2D eigenvalue weighted by Crippen LogP contribution is 2.33. The Labute approximate surface area is 169 Å². The molecule has 1 saturated carbocycles. The van der Waals surface area contributed by atoms with Gasteiger partial charge in [0.05, 0.1) is 4.92 Å². The third-order valence-corrected chi connectivity index (χ3v) is 5.90. The maximum atomic E-state index is 12.8. The first kappa shape index (κ1) is 19.6. The molecule has 9 nitrogen and oxygen atoms in total. The van der Waals surface area contributed by atoms with E-state index in [9.17, 15) is 19.7 Å². The van der Waals surface area contributed by atoms with Gasteiger partial charge < -0.3 is 20.0 Å². The SMILES string of the molecule is O=C(c1ccc(N2CCN(C(=O)C3CC3)CC2)c([N+](=O)[O-])c1)N1CCCNCC1. The molecule has 1 N–H and O–H groups in total. The summed E-state index contributed by atoms with van der Waals surface area (Å²) in [5.74, 6) is 0.241. The molecular formula is C20H27N5O4. The lowest BCUT2D eigenvalue weighted by atomic mass is 10.1. The highest BCUT2D eigenvalue weighted by Gasteiger charge is 2.35. The van der Waals surface area contributed by atoms with Crippen LogP contribution in [0.5, 0.6) is 0 Å². The standard InChI is InChI=1S/C20H27N5O4/c26-19(15-2-3-15)24-12-10-22(11-13-24)17-5-4-16(14-18(17)25(28)29)20(27)23-8-1-6-21-7-9-23/h4-5,14-15,21H,1-3,6-13H2. The number of amides is 2. The van der Waals surface area contributed by atoms with Gasteiger partial charge in [0.1, 0.15) is 5.69 Å². The molecule has 0 atom stereocenters. The van der Waals surface area contributed by atoms with Crippen molar-refractivity contribution in [3.8, 4) is 0 Å². The fourth-order valence-corrected chi connectivity index (χ4v) is 4.06. The number of carbonyl (C=O) groups is 2. The third kappa shape index (κ3) is 4.34. The third-order valence-electron chi connectivity index (χ3n) is 5.90. The number of carbonyl (C=O) groups excluding carboxylic acids is 2. The molecule has 2 amide bonds. The van der Waals surface area contributed by atoms with Crippen molar-refractivity contribution in [1.29, 1.82) is 0 Å². The van der Waals surface area contributed by atoms with Gasteiger partial charge in [-0.15, -0.1) is 0 Å². The fraction of sp³-hybridized carbons (Fsp3) is 0.600. The van der Waals surface area contributed by atoms with Crippen LogP contribution in [-0.4, -0.2) is 78.9 Å². The van der Waals surface area contributed by atoms with Crippen molar-refractivity contribution in [1.82, 2.24) is 15.1 Å². The zero-order chi connectivity index (χ0) is 20.4. The van der Waals surface area contributed by atoms with Crippen molar-refractivity contribution in [3.63, 3.8) is 0 Å². The predicted octanol–water partition coefficient (Wildman–Crippen LogP) is 1.09. The number of nitro groups is 1. The van der Waals surface area contributed by atoms with E-state index in [1.807, 2.05) is 9.80 Å². The zero-order valence-corrected chi connectivity index (χ0v) is 16.5. The molecule has 3 aliphatic rings. The number of nitro benzene ring substituents is 1. The van der Waals surface area contributed by atoms with Crippen LogP contribution in [0.2, 0.25) is 0 Å². The second kappa shape index (κ2) is 8.36. The molecule has 9 heteroatoms. The molecule has 3 fully saturated rings. The molecule has 29 heavy (non-hydrogen) atoms. The Morgan fingerprint density at radius 3 is 2.45 bits per heavy atom. The summed E-state index contributed by atoms with van der Waals surface area (Å²) < 4.78 is 0. The smallest absolute Gasteiger partial charge is 0.293 e. The van der Waals surface area contributed by atoms with Crippen LogP contribution in [0, 0.1) is 16.0 Å². The van der Waals surface area contributed by atoms with Crippen molar-refractivity contribution in [2.75, 3.05) is 57.3 Å². The number of hydrogen-bond acceptors (Lipinski definition) is 6. The van der Waals surface area contributed by atoms with Gasteiger partial charge in [0, 0.05) is 63.4 Å². The molecule has 1 aromatic carbocycles. The Morgan fingerprint density at radius 2 is 1.76 bits per heavy atom. The number of nitrogens with one attached hydrogen (secondary N) is 1. The summed E-state index contributed by atoms with van der Waals surface area (Å²) in [5.41, 5.74) is 0.818. The minimum atomic E-state index is -0.419. The van der Waals surface area contributed by atoms with Crippen LogP contribution in [-0.2, 0) is 4.79 Å². The summed E-state index contributed by atoms with van der Waals surface area (Å²) in [6, 6.07) is 4.77. The minimum absolute atomic E-state index is 0.0502. The molecule has 2 heterocycles. The van der Waals surface area contributed by atoms with E-state index >= 15 is 0 Å². The Morgan fingerprint density at radius 1 is 1.00 bits per heavy atom. The van der Waals surface area contributed by atoms with Crippen molar-refractivity contribution in [2.45, 2.75) is 19.3 Å². The molecule has 1 aliphatic carbocycles. The van der Waals surface area contributed by atoms with E-state index in [1.165, 1.54) is 6.07 Å². The van der Waals surface area contributed by atoms with Crippen molar-refractivity contribution in [3.05, 3.63) is 33.9 Å². The van der Waals surface area contributed by atoms with Gasteiger partial charge in [-0.05, 0) is 37.9 Å². The van der Waals surface area contributed by atoms with Gasteiger partial charge in [-0.25, -0.2) is 0 Å². The lowest BCUT2D eigenvalue weighted by Crippen LogP contribution is -2.49. The Balaban J connectivity index is 1.48. The van der Waals surface area contributed by atoms with E-state index in [0.29, 0.717) is 50.5 Å². The van der Waals surface area contributed by atoms with Gasteiger partial charge >= 0.3 is 0 Å². The number of benzene rings is 1. The van der Waals surface area contributed by atoms with E-state index in [1.54, 1.807) is 17.0 Å². The summed E-state index contributed by atoms with van der Waals surface area (Å²) in [6.45, 7) is 5.13. The summed E-state index contributed by atoms with van der Waals surface area (Å²) in [4.78, 5) is 41.9. The van der Waals surface area contributed by atoms with Gasteiger partial charge in [0.2, 0.25) is 5.91 Å². The first-order chi connectivity index (χ1) is 14.0. The van der Waals surface area contributed by atoms with Crippen LogP contribution in [0.1, 0.15) is 29.6 Å². The molecular weight excluding hydrogens is 374 g/mol. The van der Waals surface area contributed by atoms with Crippen LogP contribution < -0.4 is 10.2 Å². The number of hydrogen-bond donors (Lipinski definition) is 1. The number of piperazine rings is 1. The summed E-state index contributed by atoms with van der Waals surface area (Å²) in [5, 5.41) is 15.0. The first-order valence-electron chi connectivity index (χ1n) is 10.4. The van der Waals surface area contributed by atoms with Gasteiger partial charge in [-0.2, -0.15) is 0 Å². The number of rotatable bonds is 4. The highest BCUT2D eigenvalue weighted by molar-refractivity contribution is 5.96. The molecule has 2 aliphatic heterocycles. The number of anilines is 1. The van der Waals surface area contributed by atoms with Gasteiger partial charge in [0.15, 0.2) is 0 Å². The average molecular weight is 401 g/mol. The molecule has 156 valence electrons. The summed E-state index contributed by atoms with van der Waals surface area (Å²) >= 11 is 0. The van der Waals surface area contributed by atoms with Gasteiger partial charge in [-0.1, -0.05) is 0 Å². The molecule has 0 spiro atoms. The predicted molar refractivity (Wildman–Crippen MR) is 108 cm³/mol. The quantitative estimate of drug-likeness (QED) is 0.599. The Hall–Kier alpha value is -2.68. The van der Waals surface area contributed by atoms with Crippen LogP contribution in [0.15, 0.2) is 18.2 Å². The lowest BCUT2D eigenvalue weighted by molar-refractivity contribution is -0.384. The summed E-state index contributed by atoms with van der Waals surface area (Å²) in [6.07, 6.45) is 2.83. The molecule has 4 rings (SSSR count). The average Bonchev–Trinajstić information content (AvgIpc) is 3.59. The first-order valence-corrected chi connectivity index (χ1v) is 10.4. The molecule has 2 saturated heterocycles. The van der Waals surface area contributed by atoms with E-state index < -0.39 is 4.92 Å². The van der Waals surface area contributed by atoms with E-state index in [0.717, 1.165) is 32.4 Å². The van der Waals surface area contributed by atoms with Gasteiger partial charge in [-0.3, -0.25) is 19.7 Å². The van der Waals surface area contributed by atoms with E-state index in [-0.39, 0.29) is 23.4 Å². The largest absolute Gasteiger partial charge is 0.362 e.